The van der Waals surface area contributed by atoms with Crippen molar-refractivity contribution in [2.24, 2.45) is 5.92 Å². The summed E-state index contributed by atoms with van der Waals surface area (Å²) in [5, 5.41) is 12.0. The maximum Gasteiger partial charge on any atom is 0.306 e. The topological polar surface area (TPSA) is 66.4 Å². The normalized spacial score (nSPS) is 22.3. The lowest BCUT2D eigenvalue weighted by Gasteiger charge is -2.27. The van der Waals surface area contributed by atoms with E-state index in [0.29, 0.717) is 18.4 Å². The molecule has 0 atom stereocenters. The molecule has 0 aromatic heterocycles. The van der Waals surface area contributed by atoms with Gasteiger partial charge in [0.05, 0.1) is 5.92 Å². The highest BCUT2D eigenvalue weighted by Gasteiger charge is 2.27. The summed E-state index contributed by atoms with van der Waals surface area (Å²) < 4.78 is 0. The molecule has 0 spiro atoms. The molecule has 20 heavy (non-hydrogen) atoms. The molecular weight excluding hydrogens is 254 g/mol. The van der Waals surface area contributed by atoms with Crippen molar-refractivity contribution in [3.05, 3.63) is 34.9 Å². The van der Waals surface area contributed by atoms with Crippen LogP contribution in [-0.2, 0) is 4.79 Å². The van der Waals surface area contributed by atoms with Gasteiger partial charge < -0.3 is 10.4 Å². The summed E-state index contributed by atoms with van der Waals surface area (Å²) in [5.41, 5.74) is 2.82. The van der Waals surface area contributed by atoms with Gasteiger partial charge in [-0.1, -0.05) is 12.1 Å². The Morgan fingerprint density at radius 1 is 1.15 bits per heavy atom. The minimum atomic E-state index is -0.718. The van der Waals surface area contributed by atoms with E-state index in [0.717, 1.165) is 24.0 Å². The van der Waals surface area contributed by atoms with Gasteiger partial charge in [0.15, 0.2) is 0 Å². The summed E-state index contributed by atoms with van der Waals surface area (Å²) in [6.45, 7) is 3.94. The van der Waals surface area contributed by atoms with Gasteiger partial charge in [0.1, 0.15) is 0 Å². The second kappa shape index (κ2) is 6.07. The van der Waals surface area contributed by atoms with Gasteiger partial charge in [-0.25, -0.2) is 0 Å². The molecule has 1 aromatic rings. The van der Waals surface area contributed by atoms with Crippen LogP contribution < -0.4 is 5.32 Å². The molecule has 0 radical (unpaired) electrons. The molecule has 1 aromatic carbocycles. The molecule has 2 rings (SSSR count). The number of amides is 1. The number of hydrogen-bond donors (Lipinski definition) is 2. The lowest BCUT2D eigenvalue weighted by atomic mass is 9.86. The van der Waals surface area contributed by atoms with Gasteiger partial charge in [0, 0.05) is 11.6 Å². The Morgan fingerprint density at radius 2 is 1.80 bits per heavy atom. The van der Waals surface area contributed by atoms with Crippen LogP contribution in [0.5, 0.6) is 0 Å². The largest absolute Gasteiger partial charge is 0.481 e. The van der Waals surface area contributed by atoms with Crippen LogP contribution >= 0.6 is 0 Å². The molecule has 0 bridgehead atoms. The smallest absolute Gasteiger partial charge is 0.306 e. The van der Waals surface area contributed by atoms with Gasteiger partial charge in [-0.2, -0.15) is 0 Å². The Bertz CT molecular complexity index is 516. The zero-order valence-corrected chi connectivity index (χ0v) is 12.0. The average molecular weight is 275 g/mol. The third-order valence-electron chi connectivity index (χ3n) is 4.26. The van der Waals surface area contributed by atoms with Crippen molar-refractivity contribution >= 4 is 11.9 Å². The first-order chi connectivity index (χ1) is 9.49. The molecule has 4 heteroatoms. The van der Waals surface area contributed by atoms with Gasteiger partial charge in [0.25, 0.3) is 5.91 Å². The zero-order chi connectivity index (χ0) is 14.7. The third kappa shape index (κ3) is 3.18. The number of aryl methyl sites for hydroxylation is 1. The molecule has 0 heterocycles. The average Bonchev–Trinajstić information content (AvgIpc) is 2.42. The molecule has 1 aliphatic carbocycles. The molecule has 0 saturated heterocycles. The molecule has 1 fully saturated rings. The van der Waals surface area contributed by atoms with E-state index >= 15 is 0 Å². The van der Waals surface area contributed by atoms with Crippen molar-refractivity contribution in [1.82, 2.24) is 5.32 Å². The van der Waals surface area contributed by atoms with Crippen LogP contribution in [0.25, 0.3) is 0 Å². The first kappa shape index (κ1) is 14.6. The van der Waals surface area contributed by atoms with Gasteiger partial charge in [-0.15, -0.1) is 0 Å². The monoisotopic (exact) mass is 275 g/mol. The second-order valence-corrected chi connectivity index (χ2v) is 5.61. The highest BCUT2D eigenvalue weighted by atomic mass is 16.4. The van der Waals surface area contributed by atoms with E-state index in [9.17, 15) is 9.59 Å². The number of aliphatic carboxylic acids is 1. The minimum absolute atomic E-state index is 0.0509. The van der Waals surface area contributed by atoms with Crippen LogP contribution in [0.1, 0.15) is 47.2 Å². The molecule has 2 N–H and O–H groups in total. The highest BCUT2D eigenvalue weighted by Crippen LogP contribution is 2.25. The predicted octanol–water partition coefficient (Wildman–Crippen LogP) is 2.68. The predicted molar refractivity (Wildman–Crippen MR) is 76.8 cm³/mol. The molecule has 1 amide bonds. The molecule has 0 unspecified atom stereocenters. The molecule has 1 aliphatic rings. The second-order valence-electron chi connectivity index (χ2n) is 5.61. The Labute approximate surface area is 119 Å². The fourth-order valence-corrected chi connectivity index (χ4v) is 2.74. The van der Waals surface area contributed by atoms with Crippen LogP contribution in [-0.4, -0.2) is 23.0 Å². The Hall–Kier alpha value is -1.84. The fraction of sp³-hybridized carbons (Fsp3) is 0.500. The van der Waals surface area contributed by atoms with Gasteiger partial charge in [0.2, 0.25) is 0 Å². The van der Waals surface area contributed by atoms with Crippen LogP contribution in [0.2, 0.25) is 0 Å². The summed E-state index contributed by atoms with van der Waals surface area (Å²) >= 11 is 0. The fourth-order valence-electron chi connectivity index (χ4n) is 2.74. The molecule has 0 aliphatic heterocycles. The first-order valence-corrected chi connectivity index (χ1v) is 7.09. The molecular formula is C16H21NO3. The molecule has 4 nitrogen and oxygen atoms in total. The van der Waals surface area contributed by atoms with Crippen molar-refractivity contribution in [1.29, 1.82) is 0 Å². The van der Waals surface area contributed by atoms with E-state index < -0.39 is 5.97 Å². The van der Waals surface area contributed by atoms with Gasteiger partial charge in [-0.3, -0.25) is 9.59 Å². The lowest BCUT2D eigenvalue weighted by molar-refractivity contribution is -0.142. The van der Waals surface area contributed by atoms with Crippen molar-refractivity contribution in [3.63, 3.8) is 0 Å². The number of carbonyl (C=O) groups excluding carboxylic acids is 1. The summed E-state index contributed by atoms with van der Waals surface area (Å²) in [6, 6.07) is 5.81. The van der Waals surface area contributed by atoms with Gasteiger partial charge in [-0.05, 0) is 56.7 Å². The van der Waals surface area contributed by atoms with E-state index in [4.69, 9.17) is 5.11 Å². The van der Waals surface area contributed by atoms with Crippen LogP contribution in [0.4, 0.5) is 0 Å². The third-order valence-corrected chi connectivity index (χ3v) is 4.26. The van der Waals surface area contributed by atoms with Gasteiger partial charge >= 0.3 is 5.97 Å². The highest BCUT2D eigenvalue weighted by molar-refractivity contribution is 5.96. The van der Waals surface area contributed by atoms with Crippen molar-refractivity contribution < 1.29 is 14.7 Å². The molecule has 1 saturated carbocycles. The van der Waals surface area contributed by atoms with Crippen LogP contribution in [0, 0.1) is 19.8 Å². The Balaban J connectivity index is 1.96. The van der Waals surface area contributed by atoms with E-state index in [-0.39, 0.29) is 17.9 Å². The van der Waals surface area contributed by atoms with E-state index in [1.54, 1.807) is 0 Å². The van der Waals surface area contributed by atoms with E-state index in [2.05, 4.69) is 5.32 Å². The number of nitrogens with one attached hydrogen (secondary N) is 1. The standard InChI is InChI=1S/C16H21NO3/c1-10-4-3-5-14(11(10)2)15(18)17-13-8-6-12(7-9-13)16(19)20/h3-5,12-13H,6-9H2,1-2H3,(H,17,18)(H,19,20). The number of carboxylic acids is 1. The van der Waals surface area contributed by atoms with Crippen LogP contribution in [0.15, 0.2) is 18.2 Å². The first-order valence-electron chi connectivity index (χ1n) is 7.09. The van der Waals surface area contributed by atoms with Crippen LogP contribution in [0.3, 0.4) is 0 Å². The van der Waals surface area contributed by atoms with Crippen molar-refractivity contribution in [2.75, 3.05) is 0 Å². The number of carbonyl (C=O) groups is 2. The zero-order valence-electron chi connectivity index (χ0n) is 12.0. The lowest BCUT2D eigenvalue weighted by Crippen LogP contribution is -2.39. The summed E-state index contributed by atoms with van der Waals surface area (Å²) in [6.07, 6.45) is 2.78. The van der Waals surface area contributed by atoms with E-state index in [1.165, 1.54) is 0 Å². The maximum atomic E-state index is 12.3. The number of benzene rings is 1. The summed E-state index contributed by atoms with van der Waals surface area (Å²) in [5.74, 6) is -1.02. The minimum Gasteiger partial charge on any atom is -0.481 e. The summed E-state index contributed by atoms with van der Waals surface area (Å²) in [7, 11) is 0. The quantitative estimate of drug-likeness (QED) is 0.891. The SMILES string of the molecule is Cc1cccc(C(=O)NC2CCC(C(=O)O)CC2)c1C. The maximum absolute atomic E-state index is 12.3. The number of hydrogen-bond acceptors (Lipinski definition) is 2. The number of rotatable bonds is 3. The van der Waals surface area contributed by atoms with Crippen molar-refractivity contribution in [2.45, 2.75) is 45.6 Å². The molecule has 108 valence electrons. The Morgan fingerprint density at radius 3 is 2.40 bits per heavy atom. The number of carboxylic acid groups (broad SMARTS) is 1. The Kier molecular flexibility index (Phi) is 4.42. The van der Waals surface area contributed by atoms with E-state index in [1.807, 2.05) is 32.0 Å². The summed E-state index contributed by atoms with van der Waals surface area (Å²) in [4.78, 5) is 23.2. The van der Waals surface area contributed by atoms with Crippen molar-refractivity contribution in [3.8, 4) is 0 Å².